The number of likely N-dealkylation sites (tertiary alicyclic amines) is 1. The normalized spacial score (nSPS) is 17.5. The Hall–Kier alpha value is -3.08. The van der Waals surface area contributed by atoms with Crippen molar-refractivity contribution in [3.8, 4) is 11.3 Å². The molecule has 1 unspecified atom stereocenters. The summed E-state index contributed by atoms with van der Waals surface area (Å²) in [6.45, 7) is 7.21. The molecule has 184 valence electrons. The minimum absolute atomic E-state index is 0.0278. The fourth-order valence-corrected chi connectivity index (χ4v) is 3.53. The molecule has 0 bridgehead atoms. The summed E-state index contributed by atoms with van der Waals surface area (Å²) in [7, 11) is 1.67. The molecular weight excluding hydrogens is 450 g/mol. The Bertz CT molecular complexity index is 1160. The molecule has 1 aliphatic rings. The van der Waals surface area contributed by atoms with Gasteiger partial charge in [-0.05, 0) is 46.0 Å². The topological polar surface area (TPSA) is 70.7 Å². The molecule has 3 aromatic heterocycles. The van der Waals surface area contributed by atoms with Crippen LogP contribution in [0.1, 0.15) is 32.9 Å². The second-order valence-corrected chi connectivity index (χ2v) is 8.46. The molecule has 34 heavy (non-hydrogen) atoms. The highest BCUT2D eigenvalue weighted by Gasteiger charge is 2.47. The highest BCUT2D eigenvalue weighted by molar-refractivity contribution is 5.83. The van der Waals surface area contributed by atoms with Crippen molar-refractivity contribution in [1.82, 2.24) is 24.5 Å². The van der Waals surface area contributed by atoms with Gasteiger partial charge in [0, 0.05) is 30.4 Å². The van der Waals surface area contributed by atoms with E-state index in [9.17, 15) is 17.6 Å². The van der Waals surface area contributed by atoms with E-state index in [1.807, 2.05) is 39.0 Å². The van der Waals surface area contributed by atoms with Gasteiger partial charge in [0.2, 0.25) is 12.4 Å². The number of rotatable bonds is 5. The van der Waals surface area contributed by atoms with Crippen LogP contribution in [0, 0.1) is 6.92 Å². The Balaban J connectivity index is 0.000000588. The van der Waals surface area contributed by atoms with Crippen LogP contribution >= 0.6 is 0 Å². The van der Waals surface area contributed by atoms with Crippen LogP contribution in [-0.2, 0) is 0 Å². The van der Waals surface area contributed by atoms with Gasteiger partial charge in [0.25, 0.3) is 5.92 Å². The average Bonchev–Trinajstić information content (AvgIpc) is 3.28. The third-order valence-electron chi connectivity index (χ3n) is 5.19. The van der Waals surface area contributed by atoms with E-state index in [-0.39, 0.29) is 25.5 Å². The molecule has 0 radical (unpaired) electrons. The summed E-state index contributed by atoms with van der Waals surface area (Å²) < 4.78 is 51.3. The van der Waals surface area contributed by atoms with Crippen molar-refractivity contribution in [2.24, 2.45) is 4.99 Å². The van der Waals surface area contributed by atoms with Gasteiger partial charge < -0.3 is 5.32 Å². The number of aliphatic imine (C=N–C) groups is 1. The minimum atomic E-state index is -2.82. The smallest absolute Gasteiger partial charge is 0.281 e. The summed E-state index contributed by atoms with van der Waals surface area (Å²) in [5.41, 5.74) is 5.03. The van der Waals surface area contributed by atoms with E-state index in [1.54, 1.807) is 28.9 Å². The summed E-state index contributed by atoms with van der Waals surface area (Å²) in [4.78, 5) is 15.0. The number of aryl methyl sites for hydroxylation is 1. The molecule has 1 N–H and O–H groups in total. The number of anilines is 1. The van der Waals surface area contributed by atoms with Crippen LogP contribution in [0.4, 0.5) is 29.2 Å². The maximum atomic E-state index is 14.0. The van der Waals surface area contributed by atoms with Crippen molar-refractivity contribution in [1.29, 1.82) is 0 Å². The number of hydrogen-bond donors (Lipinski definition) is 1. The van der Waals surface area contributed by atoms with Crippen LogP contribution in [0.15, 0.2) is 35.6 Å². The molecule has 4 rings (SSSR count). The van der Waals surface area contributed by atoms with E-state index in [1.165, 1.54) is 6.92 Å². The fourth-order valence-electron chi connectivity index (χ4n) is 3.53. The van der Waals surface area contributed by atoms with Crippen LogP contribution in [0.2, 0.25) is 0 Å². The first-order valence-corrected chi connectivity index (χ1v) is 11.0. The highest BCUT2D eigenvalue weighted by Crippen LogP contribution is 2.30. The summed E-state index contributed by atoms with van der Waals surface area (Å²) >= 11 is 0. The standard InChI is InChI=1S/C20H23F2N7.C3H6F2/c1-12(2)24-15-5-6-16(25-13(15)3)14-7-8-29-17(14)9-23-19(27-29)26-18-10-28(4)11-20(18,21)22;1-2-3(4)5/h5-9,18H,10-11H2,1-4H3,(H,26,27);3H,2H2,1H3. The number of aromatic nitrogens is 4. The van der Waals surface area contributed by atoms with Gasteiger partial charge in [0.05, 0.1) is 35.3 Å². The SMILES string of the molecule is CC(C)=Nc1ccc(-c2ccn3nc(NC4CN(C)CC4(F)F)ncc23)nc1C.CCC(F)F. The van der Waals surface area contributed by atoms with E-state index in [0.717, 1.165) is 33.9 Å². The van der Waals surface area contributed by atoms with Crippen molar-refractivity contribution in [3.63, 3.8) is 0 Å². The minimum Gasteiger partial charge on any atom is -0.343 e. The Morgan fingerprint density at radius 1 is 1.26 bits per heavy atom. The molecule has 1 aliphatic heterocycles. The molecule has 4 heterocycles. The van der Waals surface area contributed by atoms with Crippen LogP contribution in [0.3, 0.4) is 0 Å². The molecule has 0 amide bonds. The predicted octanol–water partition coefficient (Wildman–Crippen LogP) is 5.23. The average molecular weight is 480 g/mol. The zero-order valence-corrected chi connectivity index (χ0v) is 19.9. The Morgan fingerprint density at radius 2 is 1.97 bits per heavy atom. The first kappa shape index (κ1) is 25.5. The third-order valence-corrected chi connectivity index (χ3v) is 5.19. The van der Waals surface area contributed by atoms with Gasteiger partial charge in [0.15, 0.2) is 0 Å². The molecule has 1 atom stereocenters. The van der Waals surface area contributed by atoms with Gasteiger partial charge in [-0.1, -0.05) is 6.92 Å². The fraction of sp³-hybridized carbons (Fsp3) is 0.478. The van der Waals surface area contributed by atoms with Crippen molar-refractivity contribution in [2.75, 3.05) is 25.5 Å². The quantitative estimate of drug-likeness (QED) is 0.401. The molecule has 0 spiro atoms. The second kappa shape index (κ2) is 10.5. The van der Waals surface area contributed by atoms with Crippen LogP contribution in [-0.4, -0.2) is 68.7 Å². The number of alkyl halides is 4. The molecule has 1 saturated heterocycles. The molecule has 1 fully saturated rings. The van der Waals surface area contributed by atoms with Crippen molar-refractivity contribution in [3.05, 3.63) is 36.3 Å². The predicted molar refractivity (Wildman–Crippen MR) is 126 cm³/mol. The lowest BCUT2D eigenvalue weighted by Gasteiger charge is -2.18. The van der Waals surface area contributed by atoms with Crippen molar-refractivity contribution in [2.45, 2.75) is 52.5 Å². The zero-order valence-electron chi connectivity index (χ0n) is 19.9. The number of fused-ring (bicyclic) bond motifs is 1. The van der Waals surface area contributed by atoms with E-state index < -0.39 is 18.4 Å². The van der Waals surface area contributed by atoms with Gasteiger partial charge in [-0.3, -0.25) is 14.9 Å². The number of halogens is 4. The Labute approximate surface area is 195 Å². The second-order valence-electron chi connectivity index (χ2n) is 8.46. The van der Waals surface area contributed by atoms with E-state index >= 15 is 0 Å². The van der Waals surface area contributed by atoms with Gasteiger partial charge in [-0.2, -0.15) is 0 Å². The van der Waals surface area contributed by atoms with Crippen molar-refractivity contribution >= 4 is 22.9 Å². The maximum Gasteiger partial charge on any atom is 0.281 e. The highest BCUT2D eigenvalue weighted by atomic mass is 19.3. The van der Waals surface area contributed by atoms with Gasteiger partial charge in [-0.25, -0.2) is 27.1 Å². The number of nitrogens with zero attached hydrogens (tertiary/aromatic N) is 6. The van der Waals surface area contributed by atoms with Gasteiger partial charge in [0.1, 0.15) is 6.04 Å². The largest absolute Gasteiger partial charge is 0.343 e. The van der Waals surface area contributed by atoms with Crippen LogP contribution in [0.5, 0.6) is 0 Å². The zero-order chi connectivity index (χ0) is 25.0. The molecule has 7 nitrogen and oxygen atoms in total. The number of likely N-dealkylation sites (N-methyl/N-ethyl adjacent to an activating group) is 1. The lowest BCUT2D eigenvalue weighted by Crippen LogP contribution is -2.38. The first-order valence-electron chi connectivity index (χ1n) is 11.0. The molecule has 0 saturated carbocycles. The summed E-state index contributed by atoms with van der Waals surface area (Å²) in [6.07, 6.45) is 1.26. The van der Waals surface area contributed by atoms with Crippen LogP contribution in [0.25, 0.3) is 16.8 Å². The number of hydrogen-bond acceptors (Lipinski definition) is 6. The van der Waals surface area contributed by atoms with E-state index in [2.05, 4.69) is 25.4 Å². The lowest BCUT2D eigenvalue weighted by molar-refractivity contribution is 0.00584. The van der Waals surface area contributed by atoms with E-state index in [4.69, 9.17) is 0 Å². The molecular formula is C23H29F4N7. The summed E-state index contributed by atoms with van der Waals surface area (Å²) in [5, 5.41) is 7.12. The molecule has 3 aromatic rings. The molecule has 11 heteroatoms. The molecule has 0 aliphatic carbocycles. The summed E-state index contributed by atoms with van der Waals surface area (Å²) in [5.74, 6) is -2.65. The van der Waals surface area contributed by atoms with Gasteiger partial charge >= 0.3 is 0 Å². The monoisotopic (exact) mass is 479 g/mol. The third kappa shape index (κ3) is 6.07. The maximum absolute atomic E-state index is 14.0. The Kier molecular flexibility index (Phi) is 7.86. The molecule has 0 aromatic carbocycles. The number of nitrogens with one attached hydrogen (secondary N) is 1. The van der Waals surface area contributed by atoms with Gasteiger partial charge in [-0.15, -0.1) is 5.10 Å². The van der Waals surface area contributed by atoms with Crippen LogP contribution < -0.4 is 5.32 Å². The Morgan fingerprint density at radius 3 is 2.53 bits per heavy atom. The van der Waals surface area contributed by atoms with Crippen molar-refractivity contribution < 1.29 is 17.6 Å². The van der Waals surface area contributed by atoms with E-state index in [0.29, 0.717) is 0 Å². The first-order chi connectivity index (χ1) is 16.0. The lowest BCUT2D eigenvalue weighted by atomic mass is 10.1. The number of pyridine rings is 1. The summed E-state index contributed by atoms with van der Waals surface area (Å²) in [6, 6.07) is 4.72.